The number of rotatable bonds is 2. The van der Waals surface area contributed by atoms with Crippen LogP contribution >= 0.6 is 0 Å². The van der Waals surface area contributed by atoms with Crippen LogP contribution in [-0.4, -0.2) is 4.98 Å². The van der Waals surface area contributed by atoms with Gasteiger partial charge in [-0.25, -0.2) is 0 Å². The van der Waals surface area contributed by atoms with E-state index in [0.717, 1.165) is 11.3 Å². The van der Waals surface area contributed by atoms with Gasteiger partial charge in [0.15, 0.2) is 0 Å². The molecular weight excluding hydrogens is 254 g/mol. The van der Waals surface area contributed by atoms with Crippen LogP contribution in [0, 0.1) is 20.8 Å². The molecule has 0 fully saturated rings. The fourth-order valence-electron chi connectivity index (χ4n) is 2.98. The van der Waals surface area contributed by atoms with Crippen molar-refractivity contribution >= 4 is 0 Å². The zero-order chi connectivity index (χ0) is 14.8. The van der Waals surface area contributed by atoms with Gasteiger partial charge in [0.05, 0.1) is 5.69 Å². The zero-order valence-corrected chi connectivity index (χ0v) is 12.7. The summed E-state index contributed by atoms with van der Waals surface area (Å²) in [6.45, 7) is 6.51. The van der Waals surface area contributed by atoms with Gasteiger partial charge in [0.2, 0.25) is 0 Å². The largest absolute Gasteiger partial charge is 0.256 e. The van der Waals surface area contributed by atoms with Crippen LogP contribution in [0.3, 0.4) is 0 Å². The molecule has 3 aromatic rings. The van der Waals surface area contributed by atoms with Crippen molar-refractivity contribution in [3.8, 4) is 22.4 Å². The van der Waals surface area contributed by atoms with Crippen LogP contribution in [-0.2, 0) is 0 Å². The average molecular weight is 273 g/mol. The van der Waals surface area contributed by atoms with Crippen LogP contribution in [0.5, 0.6) is 0 Å². The molecule has 0 saturated carbocycles. The van der Waals surface area contributed by atoms with Crippen molar-refractivity contribution in [2.24, 2.45) is 0 Å². The minimum atomic E-state index is 1.02. The molecule has 0 N–H and O–H groups in total. The molecule has 0 aliphatic rings. The first-order valence-corrected chi connectivity index (χ1v) is 7.25. The zero-order valence-electron chi connectivity index (χ0n) is 12.7. The summed E-state index contributed by atoms with van der Waals surface area (Å²) in [7, 11) is 0. The van der Waals surface area contributed by atoms with E-state index < -0.39 is 0 Å². The molecule has 0 spiro atoms. The Morgan fingerprint density at radius 1 is 0.714 bits per heavy atom. The van der Waals surface area contributed by atoms with Crippen molar-refractivity contribution in [3.05, 3.63) is 77.5 Å². The summed E-state index contributed by atoms with van der Waals surface area (Å²) in [5, 5.41) is 0. The Balaban J connectivity index is 2.03. The predicted molar refractivity (Wildman–Crippen MR) is 89.3 cm³/mol. The summed E-state index contributed by atoms with van der Waals surface area (Å²) in [5.41, 5.74) is 8.76. The Bertz CT molecular complexity index is 733. The molecule has 104 valence electrons. The molecule has 0 bridgehead atoms. The topological polar surface area (TPSA) is 12.9 Å². The van der Waals surface area contributed by atoms with E-state index in [2.05, 4.69) is 62.2 Å². The van der Waals surface area contributed by atoms with Crippen LogP contribution < -0.4 is 0 Å². The molecule has 3 rings (SSSR count). The van der Waals surface area contributed by atoms with Gasteiger partial charge >= 0.3 is 0 Å². The van der Waals surface area contributed by atoms with Crippen LogP contribution in [0.4, 0.5) is 0 Å². The number of nitrogens with zero attached hydrogens (tertiary/aromatic N) is 1. The average Bonchev–Trinajstić information content (AvgIpc) is 2.48. The monoisotopic (exact) mass is 273 g/mol. The van der Waals surface area contributed by atoms with Crippen molar-refractivity contribution in [1.29, 1.82) is 0 Å². The Hall–Kier alpha value is -2.41. The highest BCUT2D eigenvalue weighted by atomic mass is 14.7. The third kappa shape index (κ3) is 2.73. The third-order valence-corrected chi connectivity index (χ3v) is 3.81. The van der Waals surface area contributed by atoms with Crippen molar-refractivity contribution in [3.63, 3.8) is 0 Å². The maximum atomic E-state index is 4.40. The lowest BCUT2D eigenvalue weighted by molar-refractivity contribution is 1.31. The lowest BCUT2D eigenvalue weighted by Gasteiger charge is -2.12. The van der Waals surface area contributed by atoms with Crippen molar-refractivity contribution in [2.75, 3.05) is 0 Å². The van der Waals surface area contributed by atoms with Gasteiger partial charge in [0.25, 0.3) is 0 Å². The van der Waals surface area contributed by atoms with Gasteiger partial charge in [0, 0.05) is 11.8 Å². The lowest BCUT2D eigenvalue weighted by atomic mass is 9.93. The summed E-state index contributed by atoms with van der Waals surface area (Å²) in [6.07, 6.45) is 1.83. The van der Waals surface area contributed by atoms with Crippen LogP contribution in [0.15, 0.2) is 60.8 Å². The number of benzene rings is 2. The van der Waals surface area contributed by atoms with Crippen LogP contribution in [0.25, 0.3) is 22.4 Å². The van der Waals surface area contributed by atoms with E-state index in [-0.39, 0.29) is 0 Å². The first kappa shape index (κ1) is 13.6. The van der Waals surface area contributed by atoms with E-state index >= 15 is 0 Å². The second-order valence-electron chi connectivity index (χ2n) is 5.57. The number of hydrogen-bond donors (Lipinski definition) is 0. The Labute approximate surface area is 126 Å². The summed E-state index contributed by atoms with van der Waals surface area (Å²) in [4.78, 5) is 4.40. The second-order valence-corrected chi connectivity index (χ2v) is 5.57. The second kappa shape index (κ2) is 5.53. The van der Waals surface area contributed by atoms with Crippen molar-refractivity contribution < 1.29 is 0 Å². The van der Waals surface area contributed by atoms with E-state index in [1.807, 2.05) is 24.4 Å². The van der Waals surface area contributed by atoms with E-state index in [0.29, 0.717) is 0 Å². The lowest BCUT2D eigenvalue weighted by Crippen LogP contribution is -1.90. The van der Waals surface area contributed by atoms with E-state index in [1.165, 1.54) is 27.8 Å². The highest BCUT2D eigenvalue weighted by Gasteiger charge is 2.07. The van der Waals surface area contributed by atoms with Gasteiger partial charge in [0.1, 0.15) is 0 Å². The van der Waals surface area contributed by atoms with Crippen LogP contribution in [0.2, 0.25) is 0 Å². The van der Waals surface area contributed by atoms with Crippen LogP contribution in [0.1, 0.15) is 16.7 Å². The van der Waals surface area contributed by atoms with Crippen molar-refractivity contribution in [1.82, 2.24) is 4.98 Å². The number of hydrogen-bond acceptors (Lipinski definition) is 1. The molecular formula is C20H19N. The molecule has 0 aliphatic carbocycles. The van der Waals surface area contributed by atoms with E-state index in [1.54, 1.807) is 0 Å². The van der Waals surface area contributed by atoms with Gasteiger partial charge < -0.3 is 0 Å². The molecule has 0 unspecified atom stereocenters. The molecule has 1 aromatic heterocycles. The SMILES string of the molecule is Cc1cc(C)c(-c2ccc(-c3ccccn3)cc2)c(C)c1. The summed E-state index contributed by atoms with van der Waals surface area (Å²) >= 11 is 0. The maximum absolute atomic E-state index is 4.40. The summed E-state index contributed by atoms with van der Waals surface area (Å²) in [5.74, 6) is 0. The molecule has 0 aliphatic heterocycles. The van der Waals surface area contributed by atoms with Gasteiger partial charge in [-0.3, -0.25) is 4.98 Å². The molecule has 2 aromatic carbocycles. The predicted octanol–water partition coefficient (Wildman–Crippen LogP) is 5.34. The standard InChI is InChI=1S/C20H19N/c1-14-12-15(2)20(16(3)13-14)18-9-7-17(8-10-18)19-6-4-5-11-21-19/h4-13H,1-3H3. The summed E-state index contributed by atoms with van der Waals surface area (Å²) in [6, 6.07) is 19.2. The quantitative estimate of drug-likeness (QED) is 0.614. The first-order valence-electron chi connectivity index (χ1n) is 7.25. The highest BCUT2D eigenvalue weighted by molar-refractivity contribution is 5.73. The maximum Gasteiger partial charge on any atom is 0.0701 e. The van der Waals surface area contributed by atoms with Gasteiger partial charge in [-0.15, -0.1) is 0 Å². The van der Waals surface area contributed by atoms with Gasteiger partial charge in [-0.1, -0.05) is 48.0 Å². The molecule has 0 amide bonds. The Kier molecular flexibility index (Phi) is 3.57. The number of pyridine rings is 1. The normalized spacial score (nSPS) is 10.6. The van der Waals surface area contributed by atoms with Gasteiger partial charge in [-0.05, 0) is 55.2 Å². The number of aromatic nitrogens is 1. The minimum Gasteiger partial charge on any atom is -0.256 e. The Morgan fingerprint density at radius 3 is 1.90 bits per heavy atom. The first-order chi connectivity index (χ1) is 10.1. The van der Waals surface area contributed by atoms with Gasteiger partial charge in [-0.2, -0.15) is 0 Å². The molecule has 0 saturated heterocycles. The molecule has 1 nitrogen and oxygen atoms in total. The third-order valence-electron chi connectivity index (χ3n) is 3.81. The molecule has 0 radical (unpaired) electrons. The van der Waals surface area contributed by atoms with E-state index in [4.69, 9.17) is 0 Å². The summed E-state index contributed by atoms with van der Waals surface area (Å²) < 4.78 is 0. The molecule has 0 atom stereocenters. The molecule has 1 heteroatoms. The van der Waals surface area contributed by atoms with Crippen molar-refractivity contribution in [2.45, 2.75) is 20.8 Å². The Morgan fingerprint density at radius 2 is 1.33 bits per heavy atom. The molecule has 21 heavy (non-hydrogen) atoms. The fraction of sp³-hybridized carbons (Fsp3) is 0.150. The highest BCUT2D eigenvalue weighted by Crippen LogP contribution is 2.29. The smallest absolute Gasteiger partial charge is 0.0701 e. The molecule has 1 heterocycles. The fourth-order valence-corrected chi connectivity index (χ4v) is 2.98. The number of aryl methyl sites for hydroxylation is 3. The van der Waals surface area contributed by atoms with E-state index in [9.17, 15) is 0 Å². The minimum absolute atomic E-state index is 1.02.